The summed E-state index contributed by atoms with van der Waals surface area (Å²) in [6, 6.07) is 4.13. The third-order valence-corrected chi connectivity index (χ3v) is 3.40. The average molecular weight is 250 g/mol. The van der Waals surface area contributed by atoms with Gasteiger partial charge in [-0.1, -0.05) is 6.42 Å². The number of nitrogens with zero attached hydrogens (tertiary/aromatic N) is 3. The minimum Gasteiger partial charge on any atom is -0.358 e. The highest BCUT2D eigenvalue weighted by molar-refractivity contribution is 5.55. The van der Waals surface area contributed by atoms with Crippen LogP contribution in [0.4, 0.5) is 11.5 Å². The number of hydrogen-bond acceptors (Lipinski definition) is 5. The summed E-state index contributed by atoms with van der Waals surface area (Å²) in [4.78, 5) is 14.3. The molecule has 1 fully saturated rings. The molecule has 0 radical (unpaired) electrons. The lowest BCUT2D eigenvalue weighted by atomic mass is 10.00. The Morgan fingerprint density at radius 1 is 1.44 bits per heavy atom. The van der Waals surface area contributed by atoms with E-state index in [0.29, 0.717) is 17.8 Å². The minimum atomic E-state index is -0.457. The van der Waals surface area contributed by atoms with Gasteiger partial charge in [-0.05, 0) is 48.7 Å². The molecule has 2 rings (SSSR count). The Morgan fingerprint density at radius 3 is 2.72 bits per heavy atom. The molecular formula is C12H18N4O2. The van der Waals surface area contributed by atoms with Gasteiger partial charge in [0.1, 0.15) is 11.9 Å². The molecule has 6 heteroatoms. The first-order valence-electron chi connectivity index (χ1n) is 6.24. The van der Waals surface area contributed by atoms with Crippen molar-refractivity contribution in [2.24, 2.45) is 0 Å². The maximum Gasteiger partial charge on any atom is 0.388 e. The SMILES string of the molecule is CC1CCCC(C)N1Nc1cccnc1[N+](=O)[O-]. The Kier molecular flexibility index (Phi) is 3.76. The van der Waals surface area contributed by atoms with Crippen LogP contribution >= 0.6 is 0 Å². The summed E-state index contributed by atoms with van der Waals surface area (Å²) in [5, 5.41) is 13.0. The summed E-state index contributed by atoms with van der Waals surface area (Å²) >= 11 is 0. The maximum absolute atomic E-state index is 10.9. The number of hydrazine groups is 1. The summed E-state index contributed by atoms with van der Waals surface area (Å²) in [5.41, 5.74) is 3.62. The van der Waals surface area contributed by atoms with Crippen molar-refractivity contribution in [3.63, 3.8) is 0 Å². The molecular weight excluding hydrogens is 232 g/mol. The van der Waals surface area contributed by atoms with E-state index in [4.69, 9.17) is 0 Å². The van der Waals surface area contributed by atoms with Gasteiger partial charge in [0.2, 0.25) is 0 Å². The second-order valence-corrected chi connectivity index (χ2v) is 4.78. The van der Waals surface area contributed by atoms with Gasteiger partial charge in [-0.2, -0.15) is 0 Å². The van der Waals surface area contributed by atoms with E-state index in [9.17, 15) is 10.1 Å². The quantitative estimate of drug-likeness (QED) is 0.659. The lowest BCUT2D eigenvalue weighted by Crippen LogP contribution is -2.47. The van der Waals surface area contributed by atoms with Crippen molar-refractivity contribution in [1.29, 1.82) is 0 Å². The zero-order valence-corrected chi connectivity index (χ0v) is 10.7. The Bertz CT molecular complexity index is 428. The lowest BCUT2D eigenvalue weighted by molar-refractivity contribution is -0.388. The monoisotopic (exact) mass is 250 g/mol. The van der Waals surface area contributed by atoms with Gasteiger partial charge in [-0.25, -0.2) is 5.01 Å². The van der Waals surface area contributed by atoms with Crippen LogP contribution in [-0.2, 0) is 0 Å². The summed E-state index contributed by atoms with van der Waals surface area (Å²) in [6.45, 7) is 4.26. The van der Waals surface area contributed by atoms with Gasteiger partial charge in [0.15, 0.2) is 0 Å². The number of pyridine rings is 1. The largest absolute Gasteiger partial charge is 0.388 e. The molecule has 1 aliphatic rings. The highest BCUT2D eigenvalue weighted by Crippen LogP contribution is 2.26. The number of anilines is 1. The topological polar surface area (TPSA) is 71.3 Å². The van der Waals surface area contributed by atoms with E-state index >= 15 is 0 Å². The van der Waals surface area contributed by atoms with E-state index in [2.05, 4.69) is 29.3 Å². The molecule has 1 aliphatic heterocycles. The third-order valence-electron chi connectivity index (χ3n) is 3.40. The number of hydrogen-bond donors (Lipinski definition) is 1. The smallest absolute Gasteiger partial charge is 0.358 e. The molecule has 0 aromatic carbocycles. The summed E-state index contributed by atoms with van der Waals surface area (Å²) < 4.78 is 0. The van der Waals surface area contributed by atoms with Crippen molar-refractivity contribution in [2.45, 2.75) is 45.2 Å². The molecule has 18 heavy (non-hydrogen) atoms. The fourth-order valence-corrected chi connectivity index (χ4v) is 2.41. The molecule has 6 nitrogen and oxygen atoms in total. The number of nitro groups is 1. The standard InChI is InChI=1S/C12H18N4O2/c1-9-5-3-6-10(2)15(9)14-11-7-4-8-13-12(11)16(17)18/h4,7-10,14H,3,5-6H2,1-2H3. The van der Waals surface area contributed by atoms with Crippen molar-refractivity contribution < 1.29 is 4.92 Å². The third kappa shape index (κ3) is 2.59. The van der Waals surface area contributed by atoms with Crippen molar-refractivity contribution in [1.82, 2.24) is 9.99 Å². The van der Waals surface area contributed by atoms with Crippen LogP contribution in [0.5, 0.6) is 0 Å². The lowest BCUT2D eigenvalue weighted by Gasteiger charge is -2.39. The normalized spacial score (nSPS) is 24.8. The minimum absolute atomic E-state index is 0.123. The van der Waals surface area contributed by atoms with E-state index in [0.717, 1.165) is 12.8 Å². The Hall–Kier alpha value is -1.69. The van der Waals surface area contributed by atoms with Gasteiger partial charge in [0, 0.05) is 12.1 Å². The van der Waals surface area contributed by atoms with Gasteiger partial charge in [0.25, 0.3) is 0 Å². The van der Waals surface area contributed by atoms with E-state index in [1.54, 1.807) is 12.1 Å². The van der Waals surface area contributed by atoms with Crippen LogP contribution < -0.4 is 5.43 Å². The number of rotatable bonds is 3. The van der Waals surface area contributed by atoms with E-state index < -0.39 is 4.92 Å². The van der Waals surface area contributed by atoms with Gasteiger partial charge >= 0.3 is 5.82 Å². The molecule has 2 atom stereocenters. The zero-order valence-electron chi connectivity index (χ0n) is 10.7. The van der Waals surface area contributed by atoms with E-state index in [1.807, 2.05) is 0 Å². The van der Waals surface area contributed by atoms with Crippen LogP contribution in [0, 0.1) is 10.1 Å². The Balaban J connectivity index is 2.20. The van der Waals surface area contributed by atoms with Crippen molar-refractivity contribution in [2.75, 3.05) is 5.43 Å². The van der Waals surface area contributed by atoms with Gasteiger partial charge in [-0.3, -0.25) is 0 Å². The number of nitrogens with one attached hydrogen (secondary N) is 1. The summed E-state index contributed by atoms with van der Waals surface area (Å²) in [7, 11) is 0. The van der Waals surface area contributed by atoms with Crippen molar-refractivity contribution in [3.05, 3.63) is 28.4 Å². The summed E-state index contributed by atoms with van der Waals surface area (Å²) in [6.07, 6.45) is 4.85. The predicted octanol–water partition coefficient (Wildman–Crippen LogP) is 2.58. The second-order valence-electron chi connectivity index (χ2n) is 4.78. The molecule has 0 aliphatic carbocycles. The first-order chi connectivity index (χ1) is 8.59. The fourth-order valence-electron chi connectivity index (χ4n) is 2.41. The summed E-state index contributed by atoms with van der Waals surface area (Å²) in [5.74, 6) is -0.123. The van der Waals surface area contributed by atoms with Crippen LogP contribution in [0.25, 0.3) is 0 Å². The van der Waals surface area contributed by atoms with Crippen LogP contribution in [0.2, 0.25) is 0 Å². The average Bonchev–Trinajstić information content (AvgIpc) is 2.34. The molecule has 1 aromatic rings. The van der Waals surface area contributed by atoms with Gasteiger partial charge in [0.05, 0.1) is 0 Å². The first kappa shape index (κ1) is 12.8. The van der Waals surface area contributed by atoms with Crippen molar-refractivity contribution >= 4 is 11.5 Å². The van der Waals surface area contributed by atoms with Crippen LogP contribution in [0.3, 0.4) is 0 Å². The maximum atomic E-state index is 10.9. The van der Waals surface area contributed by atoms with Gasteiger partial charge in [-0.15, -0.1) is 0 Å². The van der Waals surface area contributed by atoms with E-state index in [1.165, 1.54) is 12.6 Å². The fraction of sp³-hybridized carbons (Fsp3) is 0.583. The van der Waals surface area contributed by atoms with Gasteiger partial charge < -0.3 is 15.5 Å². The second kappa shape index (κ2) is 5.30. The molecule has 0 spiro atoms. The zero-order chi connectivity index (χ0) is 13.1. The molecule has 0 amide bonds. The molecule has 2 heterocycles. The Morgan fingerprint density at radius 2 is 2.11 bits per heavy atom. The highest BCUT2D eigenvalue weighted by Gasteiger charge is 2.26. The molecule has 1 aromatic heterocycles. The molecule has 2 unspecified atom stereocenters. The Labute approximate surface area is 106 Å². The molecule has 1 N–H and O–H groups in total. The molecule has 1 saturated heterocycles. The predicted molar refractivity (Wildman–Crippen MR) is 69.1 cm³/mol. The highest BCUT2D eigenvalue weighted by atomic mass is 16.6. The van der Waals surface area contributed by atoms with Crippen LogP contribution in [0.1, 0.15) is 33.1 Å². The molecule has 0 bridgehead atoms. The number of piperidine rings is 1. The van der Waals surface area contributed by atoms with E-state index in [-0.39, 0.29) is 5.82 Å². The molecule has 98 valence electrons. The van der Waals surface area contributed by atoms with Crippen LogP contribution in [0.15, 0.2) is 18.3 Å². The first-order valence-corrected chi connectivity index (χ1v) is 6.24. The van der Waals surface area contributed by atoms with Crippen molar-refractivity contribution in [3.8, 4) is 0 Å². The molecule has 0 saturated carbocycles. The van der Waals surface area contributed by atoms with Crippen LogP contribution in [-0.4, -0.2) is 27.0 Å². The number of aromatic nitrogens is 1.